The molecule has 416 valence electrons. The van der Waals surface area contributed by atoms with E-state index in [4.69, 9.17) is 24.9 Å². The standard InChI is InChI=1S/C80H53BN8/c1-52-40-46-70-63(48-52)62-32-14-17-35-69(62)89(70)71-47-43-58(68-51-67(54-22-6-2-7-23-54)82-77(83-68)55-24-8-3-9-25-55)50-64(71)80-85-78(56-26-10-4-11-27-56)84-79(86-80)59-29-20-28-57(49-59)53-41-44-61(45-42-53)88-73-37-19-16-34-66(73)81-65-33-15-18-36-72(65)87(60-30-12-5-13-31-60)74-38-21-39-75(88)76(74)81/h2-51H,1H3. The Balaban J connectivity index is 0.808. The highest BCUT2D eigenvalue weighted by Gasteiger charge is 2.43. The molecule has 0 saturated carbocycles. The van der Waals surface area contributed by atoms with Gasteiger partial charge in [-0.05, 0) is 125 Å². The van der Waals surface area contributed by atoms with Crippen molar-refractivity contribution in [3.8, 4) is 84.9 Å². The zero-order valence-corrected chi connectivity index (χ0v) is 48.5. The zero-order valence-electron chi connectivity index (χ0n) is 48.5. The van der Waals surface area contributed by atoms with Crippen LogP contribution in [0.25, 0.3) is 107 Å². The van der Waals surface area contributed by atoms with Gasteiger partial charge in [0.15, 0.2) is 23.3 Å². The van der Waals surface area contributed by atoms with Crippen molar-refractivity contribution in [2.75, 3.05) is 9.80 Å². The van der Waals surface area contributed by atoms with Crippen LogP contribution in [0.4, 0.5) is 34.1 Å². The Kier molecular flexibility index (Phi) is 12.4. The number of aryl methyl sites for hydroxylation is 1. The van der Waals surface area contributed by atoms with Gasteiger partial charge >= 0.3 is 0 Å². The van der Waals surface area contributed by atoms with Crippen LogP contribution in [0.1, 0.15) is 5.56 Å². The van der Waals surface area contributed by atoms with E-state index < -0.39 is 0 Å². The number of para-hydroxylation sites is 4. The van der Waals surface area contributed by atoms with E-state index in [-0.39, 0.29) is 6.71 Å². The Labute approximate surface area is 516 Å². The summed E-state index contributed by atoms with van der Waals surface area (Å²) in [5, 5.41) is 2.34. The number of benzene rings is 12. The first-order valence-electron chi connectivity index (χ1n) is 30.2. The van der Waals surface area contributed by atoms with Gasteiger partial charge in [-0.1, -0.05) is 218 Å². The number of hydrogen-bond acceptors (Lipinski definition) is 7. The molecule has 5 heterocycles. The minimum absolute atomic E-state index is 0.0679. The first-order chi connectivity index (χ1) is 44.0. The number of hydrogen-bond donors (Lipinski definition) is 0. The van der Waals surface area contributed by atoms with Gasteiger partial charge in [0.1, 0.15) is 0 Å². The quantitative estimate of drug-likeness (QED) is 0.126. The molecule has 17 rings (SSSR count). The van der Waals surface area contributed by atoms with Gasteiger partial charge in [0.05, 0.1) is 28.1 Å². The van der Waals surface area contributed by atoms with E-state index in [0.29, 0.717) is 23.3 Å². The predicted molar refractivity (Wildman–Crippen MR) is 367 cm³/mol. The number of nitrogens with zero attached hydrogens (tertiary/aromatic N) is 8. The van der Waals surface area contributed by atoms with Crippen LogP contribution in [0.15, 0.2) is 303 Å². The van der Waals surface area contributed by atoms with Crippen LogP contribution in [0.3, 0.4) is 0 Å². The summed E-state index contributed by atoms with van der Waals surface area (Å²) in [5.74, 6) is 2.29. The van der Waals surface area contributed by atoms with E-state index in [1.165, 1.54) is 50.1 Å². The second kappa shape index (κ2) is 21.3. The smallest absolute Gasteiger partial charge is 0.252 e. The third-order valence-electron chi connectivity index (χ3n) is 17.5. The zero-order chi connectivity index (χ0) is 58.9. The minimum Gasteiger partial charge on any atom is -0.311 e. The summed E-state index contributed by atoms with van der Waals surface area (Å²) in [6.45, 7) is 2.22. The van der Waals surface area contributed by atoms with E-state index in [1.54, 1.807) is 0 Å². The summed E-state index contributed by atoms with van der Waals surface area (Å²) in [6.07, 6.45) is 0. The molecule has 0 aliphatic carbocycles. The van der Waals surface area contributed by atoms with Gasteiger partial charge in [0.25, 0.3) is 6.71 Å². The fraction of sp³-hybridized carbons (Fsp3) is 0.0125. The number of rotatable bonds is 10. The van der Waals surface area contributed by atoms with Gasteiger partial charge in [-0.3, -0.25) is 0 Å². The first kappa shape index (κ1) is 51.6. The molecule has 15 aromatic rings. The molecule has 0 fully saturated rings. The van der Waals surface area contributed by atoms with E-state index in [1.807, 2.05) is 54.6 Å². The average Bonchev–Trinajstić information content (AvgIpc) is 1.13. The van der Waals surface area contributed by atoms with Crippen LogP contribution in [0, 0.1) is 6.92 Å². The van der Waals surface area contributed by atoms with Crippen molar-refractivity contribution in [2.24, 2.45) is 0 Å². The summed E-state index contributed by atoms with van der Waals surface area (Å²) in [7, 11) is 0. The molecule has 2 aliphatic heterocycles. The molecule has 12 aromatic carbocycles. The SMILES string of the molecule is Cc1ccc2c(c1)c1ccccc1n2-c1ccc(-c2cc(-c3ccccc3)nc(-c3ccccc3)n2)cc1-c1nc(-c2ccccc2)nc(-c2cccc(-c3ccc(N4c5ccccc5B5c6ccccc6N(c6ccccc6)c6cccc4c65)cc3)c2)n1. The highest BCUT2D eigenvalue weighted by Crippen LogP contribution is 2.45. The van der Waals surface area contributed by atoms with Crippen molar-refractivity contribution in [3.63, 3.8) is 0 Å². The average molecular weight is 1140 g/mol. The van der Waals surface area contributed by atoms with Crippen LogP contribution in [-0.2, 0) is 0 Å². The lowest BCUT2D eigenvalue weighted by Gasteiger charge is -2.44. The van der Waals surface area contributed by atoms with E-state index in [9.17, 15) is 0 Å². The summed E-state index contributed by atoms with van der Waals surface area (Å²) >= 11 is 0. The maximum atomic E-state index is 5.55. The highest BCUT2D eigenvalue weighted by molar-refractivity contribution is 7.00. The van der Waals surface area contributed by atoms with Gasteiger partial charge in [0, 0.05) is 78.3 Å². The summed E-state index contributed by atoms with van der Waals surface area (Å²) in [6, 6.07) is 108. The van der Waals surface area contributed by atoms with Crippen molar-refractivity contribution in [1.29, 1.82) is 0 Å². The van der Waals surface area contributed by atoms with Crippen LogP contribution < -0.4 is 26.2 Å². The number of fused-ring (bicyclic) bond motifs is 7. The minimum atomic E-state index is 0.0679. The first-order valence-corrected chi connectivity index (χ1v) is 30.2. The lowest BCUT2D eigenvalue weighted by Crippen LogP contribution is -2.61. The Morgan fingerprint density at radius 3 is 1.44 bits per heavy atom. The van der Waals surface area contributed by atoms with Crippen molar-refractivity contribution in [2.45, 2.75) is 6.92 Å². The fourth-order valence-electron chi connectivity index (χ4n) is 13.4. The Morgan fingerprint density at radius 2 is 0.764 bits per heavy atom. The second-order valence-electron chi connectivity index (χ2n) is 22.9. The molecular formula is C80H53BN8. The normalized spacial score (nSPS) is 12.3. The van der Waals surface area contributed by atoms with Gasteiger partial charge in [0.2, 0.25) is 0 Å². The summed E-state index contributed by atoms with van der Waals surface area (Å²) in [4.78, 5) is 31.7. The van der Waals surface area contributed by atoms with Gasteiger partial charge in [-0.2, -0.15) is 0 Å². The third-order valence-corrected chi connectivity index (χ3v) is 17.5. The molecule has 0 spiro atoms. The van der Waals surface area contributed by atoms with Crippen LogP contribution in [-0.4, -0.2) is 36.2 Å². The van der Waals surface area contributed by atoms with Gasteiger partial charge in [-0.25, -0.2) is 24.9 Å². The second-order valence-corrected chi connectivity index (χ2v) is 22.9. The van der Waals surface area contributed by atoms with E-state index in [0.717, 1.165) is 89.4 Å². The predicted octanol–water partition coefficient (Wildman–Crippen LogP) is 17.8. The van der Waals surface area contributed by atoms with Gasteiger partial charge in [-0.15, -0.1) is 0 Å². The van der Waals surface area contributed by atoms with Crippen molar-refractivity contribution in [1.82, 2.24) is 29.5 Å². The maximum absolute atomic E-state index is 5.55. The van der Waals surface area contributed by atoms with Gasteiger partial charge < -0.3 is 14.4 Å². The van der Waals surface area contributed by atoms with Crippen LogP contribution in [0.5, 0.6) is 0 Å². The molecule has 0 amide bonds. The molecule has 89 heavy (non-hydrogen) atoms. The van der Waals surface area contributed by atoms with E-state index >= 15 is 0 Å². The molecule has 0 N–H and O–H groups in total. The largest absolute Gasteiger partial charge is 0.311 e. The lowest BCUT2D eigenvalue weighted by molar-refractivity contribution is 1.06. The highest BCUT2D eigenvalue weighted by atomic mass is 15.2. The number of aromatic nitrogens is 6. The Morgan fingerprint density at radius 1 is 0.281 bits per heavy atom. The molecule has 3 aromatic heterocycles. The van der Waals surface area contributed by atoms with E-state index in [2.05, 4.69) is 270 Å². The van der Waals surface area contributed by atoms with Crippen molar-refractivity contribution >= 4 is 79.0 Å². The Hall–Kier alpha value is -11.8. The molecule has 2 aliphatic rings. The monoisotopic (exact) mass is 1140 g/mol. The third kappa shape index (κ3) is 8.89. The molecule has 9 heteroatoms. The molecule has 0 radical (unpaired) electrons. The van der Waals surface area contributed by atoms with Crippen LogP contribution in [0.2, 0.25) is 0 Å². The molecular weight excluding hydrogens is 1080 g/mol. The number of anilines is 6. The summed E-state index contributed by atoms with van der Waals surface area (Å²) in [5.41, 5.74) is 24.2. The molecule has 0 bridgehead atoms. The van der Waals surface area contributed by atoms with Crippen molar-refractivity contribution in [3.05, 3.63) is 309 Å². The Bertz CT molecular complexity index is 5170. The van der Waals surface area contributed by atoms with Crippen LogP contribution >= 0.6 is 0 Å². The molecule has 8 nitrogen and oxygen atoms in total. The lowest BCUT2D eigenvalue weighted by atomic mass is 9.33. The molecule has 0 atom stereocenters. The maximum Gasteiger partial charge on any atom is 0.252 e. The molecule has 0 saturated heterocycles. The molecule has 0 unspecified atom stereocenters. The van der Waals surface area contributed by atoms with Crippen molar-refractivity contribution < 1.29 is 0 Å². The summed E-state index contributed by atoms with van der Waals surface area (Å²) < 4.78 is 2.36. The topological polar surface area (TPSA) is 75.9 Å². The fourth-order valence-corrected chi connectivity index (χ4v) is 13.4.